The van der Waals surface area contributed by atoms with Crippen LogP contribution in [0.15, 0.2) is 36.4 Å². The number of hydrogen-bond donors (Lipinski definition) is 1. The minimum atomic E-state index is 0.582. The van der Waals surface area contributed by atoms with Gasteiger partial charge in [0, 0.05) is 5.56 Å². The molecule has 0 aliphatic rings. The number of benzene rings is 2. The Balaban J connectivity index is 2.11. The number of nitrogens with two attached hydrogens (primary N) is 1. The molecule has 0 spiro atoms. The summed E-state index contributed by atoms with van der Waals surface area (Å²) in [5, 5.41) is 1.56. The SMILES string of the molecule is CCc1ccc2nc(-c3ccc(Cl)c(N)c3)sc2c1. The highest BCUT2D eigenvalue weighted by Crippen LogP contribution is 2.33. The zero-order chi connectivity index (χ0) is 13.4. The minimum absolute atomic E-state index is 0.582. The topological polar surface area (TPSA) is 38.9 Å². The zero-order valence-electron chi connectivity index (χ0n) is 10.5. The number of rotatable bonds is 2. The number of nitrogen functional groups attached to an aromatic ring is 1. The van der Waals surface area contributed by atoms with Gasteiger partial charge in [0.2, 0.25) is 0 Å². The third kappa shape index (κ3) is 2.31. The molecule has 3 rings (SSSR count). The fourth-order valence-electron chi connectivity index (χ4n) is 1.99. The second-order valence-electron chi connectivity index (χ2n) is 4.41. The lowest BCUT2D eigenvalue weighted by molar-refractivity contribution is 1.15. The standard InChI is InChI=1S/C15H13ClN2S/c1-2-9-3-6-13-14(7-9)19-15(18-13)10-4-5-11(16)12(17)8-10/h3-8H,2,17H2,1H3. The molecule has 0 fully saturated rings. The van der Waals surface area contributed by atoms with Gasteiger partial charge in [-0.25, -0.2) is 4.98 Å². The molecule has 0 radical (unpaired) electrons. The van der Waals surface area contributed by atoms with Gasteiger partial charge < -0.3 is 5.73 Å². The predicted octanol–water partition coefficient (Wildman–Crippen LogP) is 4.76. The number of halogens is 1. The lowest BCUT2D eigenvalue weighted by Crippen LogP contribution is -1.86. The van der Waals surface area contributed by atoms with Crippen molar-refractivity contribution in [3.63, 3.8) is 0 Å². The van der Waals surface area contributed by atoms with E-state index < -0.39 is 0 Å². The second kappa shape index (κ2) is 4.83. The van der Waals surface area contributed by atoms with Crippen LogP contribution in [-0.4, -0.2) is 4.98 Å². The van der Waals surface area contributed by atoms with Crippen molar-refractivity contribution in [2.45, 2.75) is 13.3 Å². The van der Waals surface area contributed by atoms with Gasteiger partial charge in [0.05, 0.1) is 20.9 Å². The quantitative estimate of drug-likeness (QED) is 0.690. The summed E-state index contributed by atoms with van der Waals surface area (Å²) < 4.78 is 1.21. The van der Waals surface area contributed by atoms with Crippen molar-refractivity contribution in [1.82, 2.24) is 4.98 Å². The molecule has 3 aromatic rings. The van der Waals surface area contributed by atoms with E-state index in [2.05, 4.69) is 30.1 Å². The third-order valence-electron chi connectivity index (χ3n) is 3.10. The number of anilines is 1. The van der Waals surface area contributed by atoms with E-state index in [1.807, 2.05) is 18.2 Å². The van der Waals surface area contributed by atoms with Crippen molar-refractivity contribution in [2.75, 3.05) is 5.73 Å². The Bertz CT molecular complexity index is 749. The molecule has 0 amide bonds. The molecule has 19 heavy (non-hydrogen) atoms. The van der Waals surface area contributed by atoms with Crippen LogP contribution in [0.1, 0.15) is 12.5 Å². The van der Waals surface area contributed by atoms with Crippen molar-refractivity contribution < 1.29 is 0 Å². The average Bonchev–Trinajstić information content (AvgIpc) is 2.84. The molecule has 96 valence electrons. The Morgan fingerprint density at radius 1 is 1.21 bits per heavy atom. The van der Waals surface area contributed by atoms with Gasteiger partial charge in [-0.15, -0.1) is 11.3 Å². The first-order valence-electron chi connectivity index (χ1n) is 6.12. The Morgan fingerprint density at radius 2 is 2.05 bits per heavy atom. The second-order valence-corrected chi connectivity index (χ2v) is 5.85. The predicted molar refractivity (Wildman–Crippen MR) is 83.9 cm³/mol. The molecule has 4 heteroatoms. The van der Waals surface area contributed by atoms with Gasteiger partial charge in [0.1, 0.15) is 5.01 Å². The number of aryl methyl sites for hydroxylation is 1. The molecule has 0 unspecified atom stereocenters. The maximum absolute atomic E-state index is 5.94. The first-order chi connectivity index (χ1) is 9.17. The van der Waals surface area contributed by atoms with Crippen LogP contribution in [0.4, 0.5) is 5.69 Å². The summed E-state index contributed by atoms with van der Waals surface area (Å²) in [6.45, 7) is 2.16. The van der Waals surface area contributed by atoms with E-state index >= 15 is 0 Å². The van der Waals surface area contributed by atoms with Crippen LogP contribution in [0.5, 0.6) is 0 Å². The van der Waals surface area contributed by atoms with Gasteiger partial charge in [0.25, 0.3) is 0 Å². The molecule has 0 saturated carbocycles. The summed E-state index contributed by atoms with van der Waals surface area (Å²) >= 11 is 7.63. The van der Waals surface area contributed by atoms with E-state index in [1.165, 1.54) is 10.3 Å². The van der Waals surface area contributed by atoms with Gasteiger partial charge in [-0.05, 0) is 36.2 Å². The van der Waals surface area contributed by atoms with Crippen LogP contribution in [-0.2, 0) is 6.42 Å². The lowest BCUT2D eigenvalue weighted by atomic mass is 10.2. The average molecular weight is 289 g/mol. The molecule has 0 saturated heterocycles. The summed E-state index contributed by atoms with van der Waals surface area (Å²) in [5.41, 5.74) is 9.81. The molecule has 0 aliphatic carbocycles. The van der Waals surface area contributed by atoms with Crippen molar-refractivity contribution in [1.29, 1.82) is 0 Å². The smallest absolute Gasteiger partial charge is 0.124 e. The summed E-state index contributed by atoms with van der Waals surface area (Å²) in [7, 11) is 0. The zero-order valence-corrected chi connectivity index (χ0v) is 12.1. The molecule has 2 N–H and O–H groups in total. The van der Waals surface area contributed by atoms with Gasteiger partial charge in [0.15, 0.2) is 0 Å². The van der Waals surface area contributed by atoms with E-state index in [0.717, 1.165) is 22.5 Å². The van der Waals surface area contributed by atoms with Crippen molar-refractivity contribution >= 4 is 38.8 Å². The van der Waals surface area contributed by atoms with Crippen molar-refractivity contribution in [3.8, 4) is 10.6 Å². The summed E-state index contributed by atoms with van der Waals surface area (Å²) in [4.78, 5) is 4.65. The van der Waals surface area contributed by atoms with Gasteiger partial charge >= 0.3 is 0 Å². The summed E-state index contributed by atoms with van der Waals surface area (Å²) in [6, 6.07) is 12.1. The fraction of sp³-hybridized carbons (Fsp3) is 0.133. The minimum Gasteiger partial charge on any atom is -0.398 e. The monoisotopic (exact) mass is 288 g/mol. The normalized spacial score (nSPS) is 11.1. The van der Waals surface area contributed by atoms with Crippen LogP contribution >= 0.6 is 22.9 Å². The number of hydrogen-bond acceptors (Lipinski definition) is 3. The van der Waals surface area contributed by atoms with Gasteiger partial charge in [-0.1, -0.05) is 30.7 Å². The molecule has 0 atom stereocenters. The number of thiazole rings is 1. The first kappa shape index (κ1) is 12.5. The molecule has 1 aromatic heterocycles. The molecule has 2 aromatic carbocycles. The van der Waals surface area contributed by atoms with E-state index in [4.69, 9.17) is 17.3 Å². The Labute approximate surface area is 120 Å². The maximum atomic E-state index is 5.94. The highest BCUT2D eigenvalue weighted by molar-refractivity contribution is 7.21. The van der Waals surface area contributed by atoms with E-state index in [0.29, 0.717) is 10.7 Å². The van der Waals surface area contributed by atoms with Crippen molar-refractivity contribution in [3.05, 3.63) is 47.0 Å². The summed E-state index contributed by atoms with van der Waals surface area (Å²) in [6.07, 6.45) is 1.04. The molecular weight excluding hydrogens is 276 g/mol. The van der Waals surface area contributed by atoms with Crippen LogP contribution in [0.25, 0.3) is 20.8 Å². The first-order valence-corrected chi connectivity index (χ1v) is 7.31. The number of nitrogens with zero attached hydrogens (tertiary/aromatic N) is 1. The number of fused-ring (bicyclic) bond motifs is 1. The van der Waals surface area contributed by atoms with Crippen LogP contribution in [0, 0.1) is 0 Å². The summed E-state index contributed by atoms with van der Waals surface area (Å²) in [5.74, 6) is 0. The molecule has 2 nitrogen and oxygen atoms in total. The molecule has 1 heterocycles. The number of aromatic nitrogens is 1. The maximum Gasteiger partial charge on any atom is 0.124 e. The Kier molecular flexibility index (Phi) is 3.17. The molecule has 0 aliphatic heterocycles. The van der Waals surface area contributed by atoms with Crippen LogP contribution in [0.2, 0.25) is 5.02 Å². The highest BCUT2D eigenvalue weighted by Gasteiger charge is 2.08. The van der Waals surface area contributed by atoms with Crippen molar-refractivity contribution in [2.24, 2.45) is 0 Å². The van der Waals surface area contributed by atoms with Crippen LogP contribution in [0.3, 0.4) is 0 Å². The molecular formula is C15H13ClN2S. The fourth-order valence-corrected chi connectivity index (χ4v) is 3.13. The van der Waals surface area contributed by atoms with Gasteiger partial charge in [-0.2, -0.15) is 0 Å². The lowest BCUT2D eigenvalue weighted by Gasteiger charge is -2.00. The van der Waals surface area contributed by atoms with Gasteiger partial charge in [-0.3, -0.25) is 0 Å². The molecule has 0 bridgehead atoms. The van der Waals surface area contributed by atoms with E-state index in [9.17, 15) is 0 Å². The largest absolute Gasteiger partial charge is 0.398 e. The van der Waals surface area contributed by atoms with E-state index in [-0.39, 0.29) is 0 Å². The third-order valence-corrected chi connectivity index (χ3v) is 4.52. The Hall–Kier alpha value is -1.58. The highest BCUT2D eigenvalue weighted by atomic mass is 35.5. The Morgan fingerprint density at radius 3 is 2.79 bits per heavy atom. The van der Waals surface area contributed by atoms with E-state index in [1.54, 1.807) is 11.3 Å². The van der Waals surface area contributed by atoms with Crippen LogP contribution < -0.4 is 5.73 Å².